The molecule has 2 heterocycles. The molecule has 1 saturated heterocycles. The first-order valence-corrected chi connectivity index (χ1v) is 5.34. The van der Waals surface area contributed by atoms with Crippen LogP contribution < -0.4 is 10.6 Å². The first-order valence-electron chi connectivity index (χ1n) is 5.34. The van der Waals surface area contributed by atoms with Crippen LogP contribution in [0.4, 0.5) is 0 Å². The maximum absolute atomic E-state index is 11.7. The smallest absolute Gasteiger partial charge is 0.237 e. The average Bonchev–Trinajstić information content (AvgIpc) is 2.91. The van der Waals surface area contributed by atoms with Crippen molar-refractivity contribution in [3.8, 4) is 0 Å². The fourth-order valence-corrected chi connectivity index (χ4v) is 1.83. The first-order chi connectivity index (χ1) is 7.27. The minimum atomic E-state index is -0.0603. The van der Waals surface area contributed by atoms with E-state index in [1.54, 1.807) is 6.26 Å². The van der Waals surface area contributed by atoms with E-state index in [0.29, 0.717) is 0 Å². The number of hydrogen-bond donors (Lipinski definition) is 2. The molecule has 1 aliphatic rings. The average molecular weight is 208 g/mol. The van der Waals surface area contributed by atoms with E-state index in [-0.39, 0.29) is 18.0 Å². The van der Waals surface area contributed by atoms with Gasteiger partial charge < -0.3 is 15.1 Å². The van der Waals surface area contributed by atoms with Crippen molar-refractivity contribution in [2.75, 3.05) is 6.54 Å². The monoisotopic (exact) mass is 208 g/mol. The zero-order chi connectivity index (χ0) is 10.7. The van der Waals surface area contributed by atoms with Crippen molar-refractivity contribution < 1.29 is 9.21 Å². The van der Waals surface area contributed by atoms with Crippen LogP contribution in [0.5, 0.6) is 0 Å². The molecule has 4 heteroatoms. The van der Waals surface area contributed by atoms with Crippen molar-refractivity contribution in [2.45, 2.75) is 31.8 Å². The Kier molecular flexibility index (Phi) is 3.06. The molecule has 1 aromatic rings. The molecule has 82 valence electrons. The topological polar surface area (TPSA) is 54.3 Å². The van der Waals surface area contributed by atoms with E-state index in [1.165, 1.54) is 0 Å². The molecule has 0 radical (unpaired) electrons. The molecule has 15 heavy (non-hydrogen) atoms. The fraction of sp³-hybridized carbons (Fsp3) is 0.545. The zero-order valence-corrected chi connectivity index (χ0v) is 8.82. The van der Waals surface area contributed by atoms with Crippen LogP contribution in [0.15, 0.2) is 22.8 Å². The largest absolute Gasteiger partial charge is 0.467 e. The van der Waals surface area contributed by atoms with Gasteiger partial charge in [0.15, 0.2) is 0 Å². The SMILES string of the molecule is C[C@H](NC(=O)C1CCCN1)c1ccco1. The van der Waals surface area contributed by atoms with Gasteiger partial charge in [-0.3, -0.25) is 4.79 Å². The van der Waals surface area contributed by atoms with Gasteiger partial charge in [-0.05, 0) is 38.4 Å². The Labute approximate surface area is 89.0 Å². The van der Waals surface area contributed by atoms with Crippen LogP contribution in [0.2, 0.25) is 0 Å². The van der Waals surface area contributed by atoms with E-state index in [1.807, 2.05) is 19.1 Å². The van der Waals surface area contributed by atoms with Crippen molar-refractivity contribution in [1.82, 2.24) is 10.6 Å². The highest BCUT2D eigenvalue weighted by Gasteiger charge is 2.23. The van der Waals surface area contributed by atoms with Crippen LogP contribution in [0.1, 0.15) is 31.6 Å². The van der Waals surface area contributed by atoms with Gasteiger partial charge in [0.1, 0.15) is 5.76 Å². The molecule has 1 aliphatic heterocycles. The van der Waals surface area contributed by atoms with E-state index in [0.717, 1.165) is 25.1 Å². The van der Waals surface area contributed by atoms with E-state index < -0.39 is 0 Å². The van der Waals surface area contributed by atoms with Crippen LogP contribution in [-0.4, -0.2) is 18.5 Å². The van der Waals surface area contributed by atoms with Crippen LogP contribution in [0, 0.1) is 0 Å². The summed E-state index contributed by atoms with van der Waals surface area (Å²) in [5, 5.41) is 6.09. The molecule has 1 aromatic heterocycles. The van der Waals surface area contributed by atoms with Gasteiger partial charge in [-0.2, -0.15) is 0 Å². The molecule has 0 aliphatic carbocycles. The van der Waals surface area contributed by atoms with Crippen molar-refractivity contribution in [1.29, 1.82) is 0 Å². The number of amides is 1. The summed E-state index contributed by atoms with van der Waals surface area (Å²) in [7, 11) is 0. The summed E-state index contributed by atoms with van der Waals surface area (Å²) in [4.78, 5) is 11.7. The summed E-state index contributed by atoms with van der Waals surface area (Å²) in [6.07, 6.45) is 3.62. The third-order valence-corrected chi connectivity index (χ3v) is 2.71. The molecule has 4 nitrogen and oxygen atoms in total. The van der Waals surface area contributed by atoms with Gasteiger partial charge in [0, 0.05) is 0 Å². The summed E-state index contributed by atoms with van der Waals surface area (Å²) in [6.45, 7) is 2.86. The summed E-state index contributed by atoms with van der Waals surface area (Å²) in [5.41, 5.74) is 0. The molecule has 2 atom stereocenters. The minimum absolute atomic E-state index is 0.0255. The van der Waals surface area contributed by atoms with Gasteiger partial charge >= 0.3 is 0 Å². The van der Waals surface area contributed by atoms with Crippen molar-refractivity contribution in [3.05, 3.63) is 24.2 Å². The normalized spacial score (nSPS) is 22.6. The predicted molar refractivity (Wildman–Crippen MR) is 56.3 cm³/mol. The van der Waals surface area contributed by atoms with Gasteiger partial charge in [-0.15, -0.1) is 0 Å². The van der Waals surface area contributed by atoms with E-state index in [9.17, 15) is 4.79 Å². The lowest BCUT2D eigenvalue weighted by Crippen LogP contribution is -2.41. The summed E-state index contributed by atoms with van der Waals surface area (Å²) < 4.78 is 5.22. The van der Waals surface area contributed by atoms with Crippen LogP contribution in [0.3, 0.4) is 0 Å². The molecule has 2 N–H and O–H groups in total. The molecule has 0 bridgehead atoms. The first kappa shape index (κ1) is 10.2. The number of carbonyl (C=O) groups is 1. The Bertz CT molecular complexity index is 315. The maximum Gasteiger partial charge on any atom is 0.237 e. The Hall–Kier alpha value is -1.29. The lowest BCUT2D eigenvalue weighted by atomic mass is 10.2. The molecule has 0 spiro atoms. The van der Waals surface area contributed by atoms with Gasteiger partial charge in [0.05, 0.1) is 18.3 Å². The Morgan fingerprint density at radius 2 is 2.60 bits per heavy atom. The van der Waals surface area contributed by atoms with Gasteiger partial charge in [0.25, 0.3) is 0 Å². The predicted octanol–water partition coefficient (Wildman–Crippen LogP) is 1.21. The lowest BCUT2D eigenvalue weighted by molar-refractivity contribution is -0.123. The molecular weight excluding hydrogens is 192 g/mol. The van der Waals surface area contributed by atoms with Gasteiger partial charge in [-0.25, -0.2) is 0 Å². The summed E-state index contributed by atoms with van der Waals surface area (Å²) in [6, 6.07) is 3.61. The third kappa shape index (κ3) is 2.39. The highest BCUT2D eigenvalue weighted by atomic mass is 16.3. The summed E-state index contributed by atoms with van der Waals surface area (Å²) in [5.74, 6) is 0.859. The highest BCUT2D eigenvalue weighted by Crippen LogP contribution is 2.13. The fourth-order valence-electron chi connectivity index (χ4n) is 1.83. The molecule has 2 rings (SSSR count). The molecule has 1 unspecified atom stereocenters. The standard InChI is InChI=1S/C11H16N2O2/c1-8(10-5-3-7-15-10)13-11(14)9-4-2-6-12-9/h3,5,7-9,12H,2,4,6H2,1H3,(H,13,14)/t8-,9?/m0/s1. The molecule has 0 saturated carbocycles. The Balaban J connectivity index is 1.88. The van der Waals surface area contributed by atoms with E-state index in [4.69, 9.17) is 4.42 Å². The lowest BCUT2D eigenvalue weighted by Gasteiger charge is -2.15. The number of carbonyl (C=O) groups excluding carboxylic acids is 1. The number of rotatable bonds is 3. The quantitative estimate of drug-likeness (QED) is 0.785. The number of furan rings is 1. The second kappa shape index (κ2) is 4.49. The zero-order valence-electron chi connectivity index (χ0n) is 8.82. The third-order valence-electron chi connectivity index (χ3n) is 2.71. The van der Waals surface area contributed by atoms with Crippen molar-refractivity contribution in [3.63, 3.8) is 0 Å². The number of hydrogen-bond acceptors (Lipinski definition) is 3. The van der Waals surface area contributed by atoms with Crippen LogP contribution in [0.25, 0.3) is 0 Å². The minimum Gasteiger partial charge on any atom is -0.467 e. The summed E-state index contributed by atoms with van der Waals surface area (Å²) >= 11 is 0. The van der Waals surface area contributed by atoms with Gasteiger partial charge in [-0.1, -0.05) is 0 Å². The Morgan fingerprint density at radius 3 is 3.20 bits per heavy atom. The van der Waals surface area contributed by atoms with Crippen molar-refractivity contribution >= 4 is 5.91 Å². The van der Waals surface area contributed by atoms with Gasteiger partial charge in [0.2, 0.25) is 5.91 Å². The second-order valence-electron chi connectivity index (χ2n) is 3.89. The number of nitrogens with one attached hydrogen (secondary N) is 2. The Morgan fingerprint density at radius 1 is 1.73 bits per heavy atom. The molecule has 0 aromatic carbocycles. The second-order valence-corrected chi connectivity index (χ2v) is 3.89. The molecular formula is C11H16N2O2. The van der Waals surface area contributed by atoms with Crippen LogP contribution >= 0.6 is 0 Å². The highest BCUT2D eigenvalue weighted by molar-refractivity contribution is 5.82. The van der Waals surface area contributed by atoms with E-state index in [2.05, 4.69) is 10.6 Å². The molecule has 1 fully saturated rings. The maximum atomic E-state index is 11.7. The van der Waals surface area contributed by atoms with Crippen molar-refractivity contribution in [2.24, 2.45) is 0 Å². The van der Waals surface area contributed by atoms with Crippen LogP contribution in [-0.2, 0) is 4.79 Å². The molecule has 1 amide bonds. The van der Waals surface area contributed by atoms with E-state index >= 15 is 0 Å².